The molecule has 0 radical (unpaired) electrons. The molecule has 1 N–H and O–H groups in total. The van der Waals surface area contributed by atoms with Crippen LogP contribution in [0, 0.1) is 10.7 Å². The smallest absolute Gasteiger partial charge is 0.133 e. The molecule has 1 aliphatic heterocycles. The molecule has 4 atom stereocenters. The molecule has 0 aliphatic carbocycles. The lowest BCUT2D eigenvalue weighted by molar-refractivity contribution is -0.161. The minimum Gasteiger partial charge on any atom is -0.384 e. The first-order valence-corrected chi connectivity index (χ1v) is 11.6. The van der Waals surface area contributed by atoms with E-state index in [0.717, 1.165) is 21.2 Å². The number of hydrogen-bond donors (Lipinski definition) is 1. The van der Waals surface area contributed by atoms with E-state index in [4.69, 9.17) is 10.00 Å². The molecular formula is C25H22BrNO2S. The number of rotatable bonds is 5. The van der Waals surface area contributed by atoms with Gasteiger partial charge in [-0.15, -0.1) is 0 Å². The summed E-state index contributed by atoms with van der Waals surface area (Å²) in [5.41, 5.74) is 1.78. The summed E-state index contributed by atoms with van der Waals surface area (Å²) in [5.74, 6) is 0.228. The van der Waals surface area contributed by atoms with E-state index >= 15 is 0 Å². The van der Waals surface area contributed by atoms with Gasteiger partial charge in [-0.05, 0) is 40.6 Å². The maximum Gasteiger partial charge on any atom is 0.133 e. The van der Waals surface area contributed by atoms with Crippen LogP contribution in [0.5, 0.6) is 0 Å². The molecule has 1 aliphatic rings. The van der Waals surface area contributed by atoms with Crippen LogP contribution in [0.4, 0.5) is 0 Å². The molecule has 5 heteroatoms. The van der Waals surface area contributed by atoms with Crippen molar-refractivity contribution in [3.05, 3.63) is 106 Å². The average molecular weight is 480 g/mol. The fraction of sp³-hybridized carbons (Fsp3) is 0.240. The van der Waals surface area contributed by atoms with Crippen LogP contribution in [-0.2, 0) is 10.3 Å². The molecule has 3 aromatic carbocycles. The molecule has 3 nitrogen and oxygen atoms in total. The Morgan fingerprint density at radius 1 is 0.967 bits per heavy atom. The Morgan fingerprint density at radius 3 is 2.23 bits per heavy atom. The van der Waals surface area contributed by atoms with Crippen molar-refractivity contribution < 1.29 is 9.84 Å². The molecule has 1 heterocycles. The molecule has 152 valence electrons. The van der Waals surface area contributed by atoms with E-state index in [1.807, 2.05) is 72.8 Å². The predicted molar refractivity (Wildman–Crippen MR) is 124 cm³/mol. The third-order valence-corrected chi connectivity index (χ3v) is 6.86. The Kier molecular flexibility index (Phi) is 6.60. The monoisotopic (exact) mass is 479 g/mol. The van der Waals surface area contributed by atoms with Gasteiger partial charge in [-0.1, -0.05) is 88.7 Å². The quantitative estimate of drug-likeness (QED) is 0.444. The normalized spacial score (nSPS) is 26.1. The number of ether oxygens (including phenoxy) is 1. The van der Waals surface area contributed by atoms with Crippen LogP contribution in [0.2, 0.25) is 0 Å². The third-order valence-electron chi connectivity index (χ3n) is 5.66. The number of hydrogen-bond acceptors (Lipinski definition) is 4. The van der Waals surface area contributed by atoms with E-state index in [-0.39, 0.29) is 18.1 Å². The molecule has 1 saturated heterocycles. The summed E-state index contributed by atoms with van der Waals surface area (Å²) < 4.78 is 7.54. The van der Waals surface area contributed by atoms with E-state index in [2.05, 4.69) is 33.5 Å². The largest absolute Gasteiger partial charge is 0.384 e. The van der Waals surface area contributed by atoms with Crippen LogP contribution in [0.1, 0.15) is 35.1 Å². The van der Waals surface area contributed by atoms with Gasteiger partial charge in [0.2, 0.25) is 0 Å². The first-order chi connectivity index (χ1) is 14.6. The molecule has 4 rings (SSSR count). The van der Waals surface area contributed by atoms with Crippen molar-refractivity contribution >= 4 is 27.7 Å². The van der Waals surface area contributed by atoms with E-state index in [1.165, 1.54) is 11.8 Å². The first kappa shape index (κ1) is 21.1. The van der Waals surface area contributed by atoms with Crippen LogP contribution < -0.4 is 0 Å². The van der Waals surface area contributed by atoms with Gasteiger partial charge in [0, 0.05) is 22.6 Å². The molecule has 3 aromatic rings. The number of nitrogens with zero attached hydrogens (tertiary/aromatic N) is 1. The summed E-state index contributed by atoms with van der Waals surface area (Å²) in [6.07, 6.45) is -0.157. The number of benzene rings is 3. The van der Waals surface area contributed by atoms with Crippen LogP contribution in [0.25, 0.3) is 0 Å². The Hall–Kier alpha value is -2.10. The Morgan fingerprint density at radius 2 is 1.60 bits per heavy atom. The molecule has 0 unspecified atom stereocenters. The number of nitriles is 1. The summed E-state index contributed by atoms with van der Waals surface area (Å²) >= 11 is 4.67. The molecule has 1 fully saturated rings. The van der Waals surface area contributed by atoms with E-state index in [9.17, 15) is 5.11 Å². The van der Waals surface area contributed by atoms with Crippen LogP contribution in [0.3, 0.4) is 0 Å². The zero-order valence-electron chi connectivity index (χ0n) is 16.3. The maximum absolute atomic E-state index is 12.2. The van der Waals surface area contributed by atoms with E-state index < -0.39 is 5.60 Å². The van der Waals surface area contributed by atoms with Gasteiger partial charge in [0.1, 0.15) is 11.0 Å². The summed E-state index contributed by atoms with van der Waals surface area (Å²) in [6.45, 7) is 0. The van der Waals surface area contributed by atoms with Crippen molar-refractivity contribution in [2.24, 2.45) is 0 Å². The zero-order valence-corrected chi connectivity index (χ0v) is 18.7. The number of halogens is 1. The molecule has 30 heavy (non-hydrogen) atoms. The lowest BCUT2D eigenvalue weighted by Crippen LogP contribution is -2.47. The van der Waals surface area contributed by atoms with Gasteiger partial charge >= 0.3 is 0 Å². The van der Waals surface area contributed by atoms with Crippen molar-refractivity contribution in [3.63, 3.8) is 0 Å². The minimum absolute atomic E-state index is 0.242. The Balaban J connectivity index is 1.86. The summed E-state index contributed by atoms with van der Waals surface area (Å²) in [4.78, 5) is 0. The number of thiocyanates is 1. The van der Waals surface area contributed by atoms with Gasteiger partial charge in [0.05, 0.1) is 12.2 Å². The SMILES string of the molecule is N#CSC[C@@H]1C[C@](O)(c2ccccc2)[C@@H](c2ccccc2)[C@H](c2ccc(Br)cc2)O1. The van der Waals surface area contributed by atoms with E-state index in [0.29, 0.717) is 12.2 Å². The zero-order chi connectivity index (χ0) is 21.0. The number of thioether (sulfide) groups is 1. The van der Waals surface area contributed by atoms with Gasteiger partial charge in [0.15, 0.2) is 0 Å². The molecule has 0 saturated carbocycles. The highest BCUT2D eigenvalue weighted by Crippen LogP contribution is 2.53. The van der Waals surface area contributed by atoms with Crippen molar-refractivity contribution in [3.8, 4) is 5.40 Å². The standard InChI is InChI=1S/C25H22BrNO2S/c26-21-13-11-19(12-14-21)24-23(18-7-3-1-4-8-18)25(28,20-9-5-2-6-10-20)15-22(29-24)16-30-17-27/h1-14,22-24,28H,15-16H2/t22-,23-,24-,25-/m0/s1. The van der Waals surface area contributed by atoms with Gasteiger partial charge < -0.3 is 9.84 Å². The van der Waals surface area contributed by atoms with Crippen molar-refractivity contribution in [2.75, 3.05) is 5.75 Å². The highest BCUT2D eigenvalue weighted by molar-refractivity contribution is 9.10. The van der Waals surface area contributed by atoms with Gasteiger partial charge in [-0.25, -0.2) is 0 Å². The lowest BCUT2D eigenvalue weighted by atomic mass is 9.68. The summed E-state index contributed by atoms with van der Waals surface area (Å²) in [5, 5.41) is 23.4. The van der Waals surface area contributed by atoms with E-state index in [1.54, 1.807) is 0 Å². The molecule has 0 bridgehead atoms. The third kappa shape index (κ3) is 4.33. The first-order valence-electron chi connectivity index (χ1n) is 9.86. The van der Waals surface area contributed by atoms with Gasteiger partial charge in [0.25, 0.3) is 0 Å². The van der Waals surface area contributed by atoms with Gasteiger partial charge in [-0.2, -0.15) is 5.26 Å². The van der Waals surface area contributed by atoms with Crippen molar-refractivity contribution in [2.45, 2.75) is 30.1 Å². The molecule has 0 amide bonds. The average Bonchev–Trinajstić information content (AvgIpc) is 2.79. The Bertz CT molecular complexity index is 1010. The highest BCUT2D eigenvalue weighted by Gasteiger charge is 2.50. The second-order valence-corrected chi connectivity index (χ2v) is 9.24. The Labute approximate surface area is 189 Å². The van der Waals surface area contributed by atoms with Crippen LogP contribution >= 0.6 is 27.7 Å². The molecule has 0 aromatic heterocycles. The fourth-order valence-electron chi connectivity index (χ4n) is 4.35. The minimum atomic E-state index is -1.13. The topological polar surface area (TPSA) is 53.2 Å². The van der Waals surface area contributed by atoms with Crippen molar-refractivity contribution in [1.82, 2.24) is 0 Å². The summed E-state index contributed by atoms with van der Waals surface area (Å²) in [6, 6.07) is 28.0. The molecule has 0 spiro atoms. The molecular weight excluding hydrogens is 458 g/mol. The van der Waals surface area contributed by atoms with Gasteiger partial charge in [-0.3, -0.25) is 0 Å². The van der Waals surface area contributed by atoms with Crippen LogP contribution in [0.15, 0.2) is 89.4 Å². The highest BCUT2D eigenvalue weighted by atomic mass is 79.9. The predicted octanol–water partition coefficient (Wildman–Crippen LogP) is 6.16. The van der Waals surface area contributed by atoms with Crippen LogP contribution in [-0.4, -0.2) is 17.0 Å². The summed E-state index contributed by atoms with van der Waals surface area (Å²) in [7, 11) is 0. The lowest BCUT2D eigenvalue weighted by Gasteiger charge is -2.48. The van der Waals surface area contributed by atoms with Crippen molar-refractivity contribution in [1.29, 1.82) is 5.26 Å². The fourth-order valence-corrected chi connectivity index (χ4v) is 5.07. The maximum atomic E-state index is 12.2. The second kappa shape index (κ2) is 9.36. The number of aliphatic hydroxyl groups is 1. The second-order valence-electron chi connectivity index (χ2n) is 7.52.